The molecule has 1 amide bonds. The molecule has 1 spiro atoms. The van der Waals surface area contributed by atoms with E-state index in [4.69, 9.17) is 16.7 Å². The Morgan fingerprint density at radius 1 is 1.19 bits per heavy atom. The number of halogens is 4. The van der Waals surface area contributed by atoms with Crippen LogP contribution in [0.5, 0.6) is 0 Å². The second-order valence-corrected chi connectivity index (χ2v) is 9.45. The van der Waals surface area contributed by atoms with E-state index in [1.165, 1.54) is 6.07 Å². The van der Waals surface area contributed by atoms with Gasteiger partial charge in [0.1, 0.15) is 6.04 Å². The molecule has 2 fully saturated rings. The van der Waals surface area contributed by atoms with E-state index in [-0.39, 0.29) is 28.5 Å². The molecular formula is C22H28ClF3N2O3. The van der Waals surface area contributed by atoms with Crippen molar-refractivity contribution in [2.75, 3.05) is 18.4 Å². The molecule has 1 heterocycles. The van der Waals surface area contributed by atoms with Crippen molar-refractivity contribution in [3.8, 4) is 0 Å². The van der Waals surface area contributed by atoms with Crippen LogP contribution in [0.25, 0.3) is 0 Å². The van der Waals surface area contributed by atoms with E-state index in [1.807, 2.05) is 0 Å². The number of nitrogens with one attached hydrogen (secondary N) is 1. The summed E-state index contributed by atoms with van der Waals surface area (Å²) in [5, 5.41) is 11.8. The molecule has 9 heteroatoms. The monoisotopic (exact) mass is 460 g/mol. The van der Waals surface area contributed by atoms with Gasteiger partial charge in [0.05, 0.1) is 23.0 Å². The smallest absolute Gasteiger partial charge is 0.393 e. The van der Waals surface area contributed by atoms with Gasteiger partial charge in [0.2, 0.25) is 5.91 Å². The van der Waals surface area contributed by atoms with Crippen molar-refractivity contribution in [2.45, 2.75) is 64.1 Å². The van der Waals surface area contributed by atoms with Crippen LogP contribution in [0.2, 0.25) is 5.02 Å². The molecule has 5 nitrogen and oxygen atoms in total. The number of carboxylic acid groups (broad SMARTS) is 1. The van der Waals surface area contributed by atoms with Gasteiger partial charge in [0.25, 0.3) is 0 Å². The minimum atomic E-state index is -4.52. The lowest BCUT2D eigenvalue weighted by Crippen LogP contribution is -2.54. The number of carboxylic acids is 1. The molecule has 1 saturated carbocycles. The van der Waals surface area contributed by atoms with Gasteiger partial charge >= 0.3 is 12.1 Å². The fourth-order valence-electron chi connectivity index (χ4n) is 4.37. The van der Waals surface area contributed by atoms with Crippen molar-refractivity contribution in [2.24, 2.45) is 11.3 Å². The molecule has 1 aromatic carbocycles. The maximum atomic E-state index is 13.6. The zero-order valence-corrected chi connectivity index (χ0v) is 18.4. The van der Waals surface area contributed by atoms with Crippen molar-refractivity contribution in [1.29, 1.82) is 0 Å². The van der Waals surface area contributed by atoms with E-state index in [1.54, 1.807) is 24.0 Å². The number of amides is 1. The molecule has 0 radical (unpaired) electrons. The second kappa shape index (κ2) is 8.98. The van der Waals surface area contributed by atoms with Gasteiger partial charge in [0.15, 0.2) is 0 Å². The highest BCUT2D eigenvalue weighted by atomic mass is 35.5. The summed E-state index contributed by atoms with van der Waals surface area (Å²) in [5.41, 5.74) is 1.10. The number of aliphatic carboxylic acids is 1. The second-order valence-electron chi connectivity index (χ2n) is 9.04. The van der Waals surface area contributed by atoms with Crippen LogP contribution in [0.15, 0.2) is 18.2 Å². The third-order valence-corrected chi connectivity index (χ3v) is 7.10. The zero-order chi connectivity index (χ0) is 23.0. The van der Waals surface area contributed by atoms with Gasteiger partial charge in [0, 0.05) is 0 Å². The van der Waals surface area contributed by atoms with E-state index in [9.17, 15) is 22.8 Å². The van der Waals surface area contributed by atoms with Crippen LogP contribution >= 0.6 is 11.6 Å². The SMILES string of the molecule is C[C@@H](CC(=O)O)c1ccc(Cl)c(NC(=O)[C@H]([C@H](C)C(F)(F)F)N2CCC3(CC2)CC3)c1. The predicted octanol–water partition coefficient (Wildman–Crippen LogP) is 5.30. The van der Waals surface area contributed by atoms with Crippen molar-refractivity contribution < 1.29 is 27.9 Å². The number of anilines is 1. The normalized spacial score (nSPS) is 21.4. The Hall–Kier alpha value is -1.80. The minimum absolute atomic E-state index is 0.113. The van der Waals surface area contributed by atoms with Gasteiger partial charge in [-0.2, -0.15) is 13.2 Å². The van der Waals surface area contributed by atoms with Crippen LogP contribution in [0.4, 0.5) is 18.9 Å². The van der Waals surface area contributed by atoms with Crippen LogP contribution < -0.4 is 5.32 Å². The van der Waals surface area contributed by atoms with Crippen LogP contribution in [0, 0.1) is 11.3 Å². The molecular weight excluding hydrogens is 433 g/mol. The molecule has 1 aliphatic carbocycles. The summed E-state index contributed by atoms with van der Waals surface area (Å²) in [6.07, 6.45) is -0.780. The Labute approximate surface area is 184 Å². The van der Waals surface area contributed by atoms with Gasteiger partial charge in [-0.05, 0) is 67.8 Å². The van der Waals surface area contributed by atoms with Crippen molar-refractivity contribution >= 4 is 29.2 Å². The number of benzene rings is 1. The third-order valence-electron chi connectivity index (χ3n) is 6.77. The highest BCUT2D eigenvalue weighted by Crippen LogP contribution is 2.54. The first-order chi connectivity index (χ1) is 14.4. The Bertz CT molecular complexity index is 832. The topological polar surface area (TPSA) is 69.6 Å². The average molecular weight is 461 g/mol. The van der Waals surface area contributed by atoms with Gasteiger partial charge < -0.3 is 10.4 Å². The molecule has 2 aliphatic rings. The number of hydrogen-bond donors (Lipinski definition) is 2. The molecule has 2 N–H and O–H groups in total. The number of carbonyl (C=O) groups is 2. The number of carbonyl (C=O) groups excluding carboxylic acids is 1. The zero-order valence-electron chi connectivity index (χ0n) is 17.6. The quantitative estimate of drug-likeness (QED) is 0.579. The molecule has 0 unspecified atom stereocenters. The largest absolute Gasteiger partial charge is 0.481 e. The molecule has 0 aromatic heterocycles. The molecule has 1 saturated heterocycles. The van der Waals surface area contributed by atoms with E-state index in [0.717, 1.165) is 32.6 Å². The lowest BCUT2D eigenvalue weighted by atomic mass is 9.90. The number of nitrogens with zero attached hydrogens (tertiary/aromatic N) is 1. The summed E-state index contributed by atoms with van der Waals surface area (Å²) in [5.74, 6) is -3.90. The number of alkyl halides is 3. The Kier molecular flexibility index (Phi) is 6.91. The Balaban J connectivity index is 1.80. The predicted molar refractivity (Wildman–Crippen MR) is 112 cm³/mol. The van der Waals surface area contributed by atoms with E-state index in [0.29, 0.717) is 18.7 Å². The highest BCUT2D eigenvalue weighted by molar-refractivity contribution is 6.33. The van der Waals surface area contributed by atoms with E-state index >= 15 is 0 Å². The summed E-state index contributed by atoms with van der Waals surface area (Å²) in [7, 11) is 0. The molecule has 3 atom stereocenters. The lowest BCUT2D eigenvalue weighted by Gasteiger charge is -2.40. The summed E-state index contributed by atoms with van der Waals surface area (Å²) in [6.45, 7) is 3.68. The molecule has 0 bridgehead atoms. The van der Waals surface area contributed by atoms with Crippen LogP contribution in [-0.2, 0) is 9.59 Å². The van der Waals surface area contributed by atoms with Gasteiger partial charge in [-0.15, -0.1) is 0 Å². The fourth-order valence-corrected chi connectivity index (χ4v) is 4.54. The highest BCUT2D eigenvalue weighted by Gasteiger charge is 2.50. The maximum absolute atomic E-state index is 13.6. The molecule has 1 aliphatic heterocycles. The van der Waals surface area contributed by atoms with Crippen LogP contribution in [0.3, 0.4) is 0 Å². The summed E-state index contributed by atoms with van der Waals surface area (Å²) < 4.78 is 40.8. The van der Waals surface area contributed by atoms with Crippen LogP contribution in [-0.4, -0.2) is 47.2 Å². The molecule has 31 heavy (non-hydrogen) atoms. The van der Waals surface area contributed by atoms with Crippen LogP contribution in [0.1, 0.15) is 57.4 Å². The first-order valence-electron chi connectivity index (χ1n) is 10.5. The summed E-state index contributed by atoms with van der Waals surface area (Å²) >= 11 is 6.19. The van der Waals surface area contributed by atoms with Crippen molar-refractivity contribution in [1.82, 2.24) is 4.90 Å². The Morgan fingerprint density at radius 3 is 2.32 bits per heavy atom. The first kappa shape index (κ1) is 23.9. The number of piperidine rings is 1. The summed E-state index contributed by atoms with van der Waals surface area (Å²) in [6, 6.07) is 3.36. The number of likely N-dealkylation sites (tertiary alicyclic amines) is 1. The number of rotatable bonds is 7. The average Bonchev–Trinajstić information content (AvgIpc) is 3.43. The third kappa shape index (κ3) is 5.71. The standard InChI is InChI=1S/C22H28ClF3N2O3/c1-13(11-18(29)30)15-3-4-16(23)17(12-15)27-20(31)19(14(2)22(24,25)26)28-9-7-21(5-6-21)8-10-28/h3-4,12-14,19H,5-11H2,1-2H3,(H,27,31)(H,29,30)/t13-,14-,19-/m0/s1. The van der Waals surface area contributed by atoms with Crippen molar-refractivity contribution in [3.63, 3.8) is 0 Å². The fraction of sp³-hybridized carbons (Fsp3) is 0.636. The van der Waals surface area contributed by atoms with Gasteiger partial charge in [-0.25, -0.2) is 0 Å². The summed E-state index contributed by atoms with van der Waals surface area (Å²) in [4.78, 5) is 25.7. The Morgan fingerprint density at radius 2 is 1.81 bits per heavy atom. The van der Waals surface area contributed by atoms with E-state index < -0.39 is 30.0 Å². The van der Waals surface area contributed by atoms with E-state index in [2.05, 4.69) is 5.32 Å². The maximum Gasteiger partial charge on any atom is 0.393 e. The molecule has 3 rings (SSSR count). The van der Waals surface area contributed by atoms with Gasteiger partial charge in [-0.3, -0.25) is 14.5 Å². The molecule has 1 aromatic rings. The lowest BCUT2D eigenvalue weighted by molar-refractivity contribution is -0.189. The first-order valence-corrected chi connectivity index (χ1v) is 10.9. The van der Waals surface area contributed by atoms with Crippen molar-refractivity contribution in [3.05, 3.63) is 28.8 Å². The molecule has 172 valence electrons. The minimum Gasteiger partial charge on any atom is -0.481 e. The number of hydrogen-bond acceptors (Lipinski definition) is 3. The van der Waals surface area contributed by atoms with Gasteiger partial charge in [-0.1, -0.05) is 31.5 Å².